The minimum atomic E-state index is -0.592. The smallest absolute Gasteiger partial charge is 0.162 e. The molecule has 1 saturated heterocycles. The maximum absolute atomic E-state index is 10.7. The van der Waals surface area contributed by atoms with Crippen molar-refractivity contribution in [3.8, 4) is 5.75 Å². The van der Waals surface area contributed by atoms with E-state index in [0.717, 1.165) is 31.9 Å². The average Bonchev–Trinajstić information content (AvgIpc) is 2.83. The van der Waals surface area contributed by atoms with Crippen molar-refractivity contribution in [3.05, 3.63) is 11.9 Å². The van der Waals surface area contributed by atoms with Gasteiger partial charge in [-0.1, -0.05) is 0 Å². The maximum Gasteiger partial charge on any atom is 0.162 e. The number of aliphatic hydroxyl groups is 1. The predicted molar refractivity (Wildman–Crippen MR) is 73.3 cm³/mol. The number of nitrogens with zero attached hydrogens (tertiary/aromatic N) is 4. The molecule has 1 fully saturated rings. The number of ether oxygens (including phenoxy) is 1. The number of aromatic nitrogens is 2. The molecule has 0 aliphatic carbocycles. The molecule has 1 N–H and O–H groups in total. The van der Waals surface area contributed by atoms with Gasteiger partial charge in [0.05, 0.1) is 19.3 Å². The van der Waals surface area contributed by atoms with Crippen molar-refractivity contribution in [1.29, 1.82) is 0 Å². The quantitative estimate of drug-likeness (QED) is 0.845. The largest absolute Gasteiger partial charge is 0.493 e. The zero-order chi connectivity index (χ0) is 14.0. The van der Waals surface area contributed by atoms with Gasteiger partial charge in [-0.15, -0.1) is 0 Å². The van der Waals surface area contributed by atoms with Crippen molar-refractivity contribution in [2.24, 2.45) is 0 Å². The van der Waals surface area contributed by atoms with Crippen LogP contribution in [0.25, 0.3) is 0 Å². The number of aliphatic hydroxyl groups excluding tert-OH is 1. The minimum absolute atomic E-state index is 0.0645. The minimum Gasteiger partial charge on any atom is -0.493 e. The van der Waals surface area contributed by atoms with Crippen LogP contribution in [0.3, 0.4) is 0 Å². The summed E-state index contributed by atoms with van der Waals surface area (Å²) in [6, 6.07) is 0.0645. The van der Waals surface area contributed by atoms with Gasteiger partial charge in [-0.3, -0.25) is 9.58 Å². The third-order valence-corrected chi connectivity index (χ3v) is 3.91. The molecular weight excluding hydrogens is 244 g/mol. The molecule has 19 heavy (non-hydrogen) atoms. The molecule has 1 aromatic rings. The van der Waals surface area contributed by atoms with Crippen LogP contribution in [0.2, 0.25) is 0 Å². The molecule has 0 saturated carbocycles. The van der Waals surface area contributed by atoms with Crippen molar-refractivity contribution in [2.75, 3.05) is 40.8 Å². The Morgan fingerprint density at radius 1 is 1.47 bits per heavy atom. The second kappa shape index (κ2) is 5.90. The topological polar surface area (TPSA) is 53.8 Å². The first-order valence-electron chi connectivity index (χ1n) is 6.75. The highest BCUT2D eigenvalue weighted by molar-refractivity contribution is 5.28. The van der Waals surface area contributed by atoms with Crippen LogP contribution in [0.15, 0.2) is 6.20 Å². The number of aryl methyl sites for hydroxylation is 1. The fraction of sp³-hybridized carbons (Fsp3) is 0.769. The molecule has 1 aromatic heterocycles. The molecular formula is C13H24N4O2. The number of hydrogen-bond donors (Lipinski definition) is 1. The van der Waals surface area contributed by atoms with Gasteiger partial charge in [0.25, 0.3) is 0 Å². The van der Waals surface area contributed by atoms with E-state index in [9.17, 15) is 5.11 Å². The Labute approximate surface area is 114 Å². The summed E-state index contributed by atoms with van der Waals surface area (Å²) in [5, 5.41) is 15.0. The summed E-state index contributed by atoms with van der Waals surface area (Å²) >= 11 is 0. The maximum atomic E-state index is 10.7. The third kappa shape index (κ3) is 2.75. The van der Waals surface area contributed by atoms with Gasteiger partial charge >= 0.3 is 0 Å². The van der Waals surface area contributed by atoms with Crippen LogP contribution >= 0.6 is 0 Å². The SMILES string of the molecule is CCn1ncc(OC)c1C(O)C1CN(C)CCN1C. The summed E-state index contributed by atoms with van der Waals surface area (Å²) in [4.78, 5) is 4.45. The predicted octanol–water partition coefficient (Wildman–Crippen LogP) is 0.191. The Morgan fingerprint density at radius 2 is 2.21 bits per heavy atom. The molecule has 0 amide bonds. The first-order chi connectivity index (χ1) is 9.08. The van der Waals surface area contributed by atoms with Crippen molar-refractivity contribution >= 4 is 0 Å². The molecule has 0 aromatic carbocycles. The first-order valence-corrected chi connectivity index (χ1v) is 6.75. The van der Waals surface area contributed by atoms with E-state index >= 15 is 0 Å². The Hall–Kier alpha value is -1.11. The van der Waals surface area contributed by atoms with Crippen molar-refractivity contribution in [3.63, 3.8) is 0 Å². The number of hydrogen-bond acceptors (Lipinski definition) is 5. The summed E-state index contributed by atoms with van der Waals surface area (Å²) in [7, 11) is 5.75. The van der Waals surface area contributed by atoms with Crippen molar-refractivity contribution in [2.45, 2.75) is 25.6 Å². The van der Waals surface area contributed by atoms with Gasteiger partial charge in [0.1, 0.15) is 11.8 Å². The van der Waals surface area contributed by atoms with Crippen molar-refractivity contribution < 1.29 is 9.84 Å². The third-order valence-electron chi connectivity index (χ3n) is 3.91. The Bertz CT molecular complexity index is 399. The summed E-state index contributed by atoms with van der Waals surface area (Å²) in [6.45, 7) is 5.57. The van der Waals surface area contributed by atoms with Crippen LogP contribution < -0.4 is 4.74 Å². The lowest BCUT2D eigenvalue weighted by Crippen LogP contribution is -2.52. The van der Waals surface area contributed by atoms with E-state index in [0.29, 0.717) is 5.75 Å². The lowest BCUT2D eigenvalue weighted by molar-refractivity contribution is 0.00847. The van der Waals surface area contributed by atoms with Crippen LogP contribution in [-0.4, -0.2) is 71.6 Å². The monoisotopic (exact) mass is 268 g/mol. The van der Waals surface area contributed by atoms with Crippen molar-refractivity contribution in [1.82, 2.24) is 19.6 Å². The summed E-state index contributed by atoms with van der Waals surface area (Å²) in [5.74, 6) is 0.663. The van der Waals surface area contributed by atoms with E-state index in [4.69, 9.17) is 4.74 Å². The molecule has 2 rings (SSSR count). The molecule has 0 spiro atoms. The summed E-state index contributed by atoms with van der Waals surface area (Å²) < 4.78 is 7.14. The molecule has 0 bridgehead atoms. The standard InChI is InChI=1S/C13H24N4O2/c1-5-17-12(11(19-4)8-14-17)13(18)10-9-15(2)6-7-16(10)3/h8,10,13,18H,5-7,9H2,1-4H3. The van der Waals surface area contributed by atoms with Crippen LogP contribution in [0.4, 0.5) is 0 Å². The van der Waals surface area contributed by atoms with E-state index in [-0.39, 0.29) is 6.04 Å². The number of methoxy groups -OCH3 is 1. The average molecular weight is 268 g/mol. The highest BCUT2D eigenvalue weighted by Crippen LogP contribution is 2.30. The molecule has 2 atom stereocenters. The fourth-order valence-corrected chi connectivity index (χ4v) is 2.65. The van der Waals surface area contributed by atoms with E-state index in [2.05, 4.69) is 29.0 Å². The lowest BCUT2D eigenvalue weighted by atomic mass is 10.0. The van der Waals surface area contributed by atoms with Crippen LogP contribution in [0.1, 0.15) is 18.7 Å². The van der Waals surface area contributed by atoms with E-state index in [1.54, 1.807) is 13.3 Å². The second-order valence-electron chi connectivity index (χ2n) is 5.17. The van der Waals surface area contributed by atoms with Crippen LogP contribution in [-0.2, 0) is 6.54 Å². The molecule has 6 nitrogen and oxygen atoms in total. The second-order valence-corrected chi connectivity index (χ2v) is 5.17. The first kappa shape index (κ1) is 14.3. The zero-order valence-corrected chi connectivity index (χ0v) is 12.2. The molecule has 2 unspecified atom stereocenters. The highest BCUT2D eigenvalue weighted by Gasteiger charge is 2.33. The van der Waals surface area contributed by atoms with Crippen LogP contribution in [0.5, 0.6) is 5.75 Å². The molecule has 2 heterocycles. The number of likely N-dealkylation sites (N-methyl/N-ethyl adjacent to an activating group) is 2. The van der Waals surface area contributed by atoms with Gasteiger partial charge in [0, 0.05) is 26.2 Å². The normalized spacial score (nSPS) is 23.5. The van der Waals surface area contributed by atoms with Gasteiger partial charge in [-0.25, -0.2) is 0 Å². The van der Waals surface area contributed by atoms with Crippen LogP contribution in [0, 0.1) is 0 Å². The number of rotatable bonds is 4. The van der Waals surface area contributed by atoms with E-state index in [1.807, 2.05) is 11.6 Å². The Kier molecular flexibility index (Phi) is 4.44. The van der Waals surface area contributed by atoms with Gasteiger partial charge in [0.15, 0.2) is 5.75 Å². The molecule has 1 aliphatic rings. The van der Waals surface area contributed by atoms with E-state index in [1.165, 1.54) is 0 Å². The number of piperazine rings is 1. The lowest BCUT2D eigenvalue weighted by Gasteiger charge is -2.40. The highest BCUT2D eigenvalue weighted by atomic mass is 16.5. The van der Waals surface area contributed by atoms with Gasteiger partial charge in [0.2, 0.25) is 0 Å². The Morgan fingerprint density at radius 3 is 2.84 bits per heavy atom. The summed E-state index contributed by atoms with van der Waals surface area (Å²) in [5.41, 5.74) is 0.775. The molecule has 6 heteroatoms. The summed E-state index contributed by atoms with van der Waals surface area (Å²) in [6.07, 6.45) is 1.08. The fourth-order valence-electron chi connectivity index (χ4n) is 2.65. The van der Waals surface area contributed by atoms with Gasteiger partial charge in [-0.05, 0) is 21.0 Å². The van der Waals surface area contributed by atoms with E-state index < -0.39 is 6.10 Å². The molecule has 0 radical (unpaired) electrons. The molecule has 1 aliphatic heterocycles. The molecule has 108 valence electrons. The van der Waals surface area contributed by atoms with Gasteiger partial charge in [-0.2, -0.15) is 5.10 Å². The Balaban J connectivity index is 2.27. The zero-order valence-electron chi connectivity index (χ0n) is 12.2. The van der Waals surface area contributed by atoms with Gasteiger partial charge < -0.3 is 14.7 Å².